The number of fused-ring (bicyclic) bond motifs is 2. The molecule has 0 bridgehead atoms. The van der Waals surface area contributed by atoms with Crippen molar-refractivity contribution >= 4 is 29.7 Å². The van der Waals surface area contributed by atoms with Crippen LogP contribution in [0.2, 0.25) is 0 Å². The molecule has 18 heavy (non-hydrogen) atoms. The minimum absolute atomic E-state index is 0.821. The fourth-order valence-corrected chi connectivity index (χ4v) is 3.03. The molecule has 0 saturated heterocycles. The van der Waals surface area contributed by atoms with Crippen LogP contribution in [0.4, 0.5) is 11.4 Å². The number of anilines is 1. The first-order chi connectivity index (χ1) is 8.54. The van der Waals surface area contributed by atoms with Crippen molar-refractivity contribution < 1.29 is 0 Å². The molecule has 0 amide bonds. The Kier molecular flexibility index (Phi) is 2.45. The van der Waals surface area contributed by atoms with Gasteiger partial charge in [0.1, 0.15) is 0 Å². The number of hydrogen-bond donors (Lipinski definition) is 1. The first-order valence-corrected chi connectivity index (χ1v) is 6.62. The molecular formula is C15H14N2S. The van der Waals surface area contributed by atoms with Crippen LogP contribution >= 0.6 is 11.8 Å². The molecule has 0 saturated carbocycles. The maximum atomic E-state index is 5.95. The Labute approximate surface area is 110 Å². The zero-order chi connectivity index (χ0) is 12.9. The van der Waals surface area contributed by atoms with Crippen molar-refractivity contribution in [3.05, 3.63) is 46.0 Å². The zero-order valence-electron chi connectivity index (χ0n) is 10.4. The Balaban J connectivity index is 2.30. The van der Waals surface area contributed by atoms with Crippen LogP contribution in [0.1, 0.15) is 11.1 Å². The van der Waals surface area contributed by atoms with Crippen molar-refractivity contribution in [2.45, 2.75) is 23.6 Å². The molecule has 2 N–H and O–H groups in total. The van der Waals surface area contributed by atoms with Crippen LogP contribution in [0.25, 0.3) is 6.58 Å². The number of nitrogens with two attached hydrogens (primary N) is 1. The summed E-state index contributed by atoms with van der Waals surface area (Å²) in [7, 11) is 0. The highest BCUT2D eigenvalue weighted by molar-refractivity contribution is 7.99. The van der Waals surface area contributed by atoms with E-state index in [-0.39, 0.29) is 0 Å². The molecule has 0 fully saturated rings. The molecule has 1 aliphatic heterocycles. The number of nitrogen functional groups attached to an aromatic ring is 1. The van der Waals surface area contributed by atoms with Gasteiger partial charge in [-0.2, -0.15) is 0 Å². The van der Waals surface area contributed by atoms with Crippen molar-refractivity contribution in [2.75, 3.05) is 5.73 Å². The Bertz CT molecular complexity index is 763. The lowest BCUT2D eigenvalue weighted by Gasteiger charge is -2.14. The van der Waals surface area contributed by atoms with Crippen LogP contribution in [0.5, 0.6) is 0 Å². The van der Waals surface area contributed by atoms with Crippen LogP contribution in [-0.2, 0) is 0 Å². The largest absolute Gasteiger partial charge is 0.398 e. The number of rotatable bonds is 0. The number of hydrogen-bond acceptors (Lipinski definition) is 3. The lowest BCUT2D eigenvalue weighted by molar-refractivity contribution is 1.14. The lowest BCUT2D eigenvalue weighted by Crippen LogP contribution is -2.16. The fraction of sp³-hybridized carbons (Fsp3) is 0.133. The molecule has 0 radical (unpaired) electrons. The summed E-state index contributed by atoms with van der Waals surface area (Å²) < 4.78 is 0. The van der Waals surface area contributed by atoms with Gasteiger partial charge in [0.05, 0.1) is 11.0 Å². The second-order valence-corrected chi connectivity index (χ2v) is 5.72. The summed E-state index contributed by atoms with van der Waals surface area (Å²) in [5.74, 6) is 0. The summed E-state index contributed by atoms with van der Waals surface area (Å²) in [6.07, 6.45) is 0. The molecule has 3 rings (SSSR count). The predicted molar refractivity (Wildman–Crippen MR) is 76.9 cm³/mol. The van der Waals surface area contributed by atoms with Gasteiger partial charge in [0.2, 0.25) is 0 Å². The highest BCUT2D eigenvalue weighted by atomic mass is 32.2. The molecule has 2 aromatic rings. The number of nitrogens with zero attached hydrogens (tertiary/aromatic N) is 1. The minimum atomic E-state index is 0.821. The molecule has 0 spiro atoms. The van der Waals surface area contributed by atoms with Crippen LogP contribution in [-0.4, -0.2) is 0 Å². The van der Waals surface area contributed by atoms with Gasteiger partial charge in [-0.1, -0.05) is 18.3 Å². The third-order valence-corrected chi connectivity index (χ3v) is 4.32. The summed E-state index contributed by atoms with van der Waals surface area (Å²) >= 11 is 1.71. The van der Waals surface area contributed by atoms with E-state index >= 15 is 0 Å². The minimum Gasteiger partial charge on any atom is -0.398 e. The third kappa shape index (κ3) is 1.71. The van der Waals surface area contributed by atoms with Gasteiger partial charge >= 0.3 is 0 Å². The van der Waals surface area contributed by atoms with Gasteiger partial charge in [-0.05, 0) is 54.5 Å². The van der Waals surface area contributed by atoms with Crippen molar-refractivity contribution in [3.63, 3.8) is 0 Å². The van der Waals surface area contributed by atoms with E-state index in [0.29, 0.717) is 0 Å². The summed E-state index contributed by atoms with van der Waals surface area (Å²) in [5, 5.41) is 2.08. The quantitative estimate of drug-likeness (QED) is 0.626. The van der Waals surface area contributed by atoms with Gasteiger partial charge in [0, 0.05) is 15.5 Å². The van der Waals surface area contributed by atoms with E-state index in [2.05, 4.69) is 25.6 Å². The summed E-state index contributed by atoms with van der Waals surface area (Å²) in [6.45, 7) is 8.11. The monoisotopic (exact) mass is 254 g/mol. The molecule has 0 unspecified atom stereocenters. The van der Waals surface area contributed by atoms with E-state index in [0.717, 1.165) is 37.3 Å². The first-order valence-electron chi connectivity index (χ1n) is 5.81. The van der Waals surface area contributed by atoms with E-state index in [9.17, 15) is 0 Å². The molecule has 0 aromatic heterocycles. The van der Waals surface area contributed by atoms with Gasteiger partial charge in [-0.15, -0.1) is 0 Å². The van der Waals surface area contributed by atoms with E-state index in [1.807, 2.05) is 19.1 Å². The first kappa shape index (κ1) is 11.4. The standard InChI is InChI=1S/C15H14N2S/c1-8-4-12-14(6-9(8)2)18-15-7-11(16)10(3)5-13(15)17-12/h4-7H,2,16H2,1,3H3. The van der Waals surface area contributed by atoms with Gasteiger partial charge in [0.25, 0.3) is 0 Å². The average molecular weight is 254 g/mol. The summed E-state index contributed by atoms with van der Waals surface area (Å²) in [5.41, 5.74) is 10.0. The predicted octanol–water partition coefficient (Wildman–Crippen LogP) is 2.71. The molecule has 0 aliphatic carbocycles. The van der Waals surface area contributed by atoms with Crippen LogP contribution < -0.4 is 16.3 Å². The van der Waals surface area contributed by atoms with Gasteiger partial charge in [0.15, 0.2) is 0 Å². The molecule has 1 heterocycles. The maximum absolute atomic E-state index is 5.95. The van der Waals surface area contributed by atoms with Crippen LogP contribution in [0, 0.1) is 13.8 Å². The Hall–Kier alpha value is -1.74. The molecule has 3 heteroatoms. The van der Waals surface area contributed by atoms with Gasteiger partial charge < -0.3 is 5.73 Å². The van der Waals surface area contributed by atoms with E-state index in [1.165, 1.54) is 5.56 Å². The molecule has 2 nitrogen and oxygen atoms in total. The Morgan fingerprint density at radius 3 is 2.61 bits per heavy atom. The highest BCUT2D eigenvalue weighted by Crippen LogP contribution is 2.38. The summed E-state index contributed by atoms with van der Waals surface area (Å²) in [4.78, 5) is 6.98. The second kappa shape index (κ2) is 3.89. The molecular weight excluding hydrogens is 240 g/mol. The van der Waals surface area contributed by atoms with Gasteiger partial charge in [-0.25, -0.2) is 4.99 Å². The molecule has 2 aromatic carbocycles. The Morgan fingerprint density at radius 2 is 1.83 bits per heavy atom. The van der Waals surface area contributed by atoms with Crippen molar-refractivity contribution in [2.24, 2.45) is 4.99 Å². The third-order valence-electron chi connectivity index (χ3n) is 3.23. The fourth-order valence-electron chi connectivity index (χ4n) is 1.99. The SMILES string of the molecule is C=c1cc2c(cc1C)=Nc1cc(C)c(N)cc1S2. The van der Waals surface area contributed by atoms with Crippen molar-refractivity contribution in [1.29, 1.82) is 0 Å². The van der Waals surface area contributed by atoms with Gasteiger partial charge in [-0.3, -0.25) is 0 Å². The Morgan fingerprint density at radius 1 is 1.06 bits per heavy atom. The summed E-state index contributed by atoms with van der Waals surface area (Å²) in [6, 6.07) is 8.25. The molecule has 0 atom stereocenters. The average Bonchev–Trinajstić information content (AvgIpc) is 2.31. The number of benzene rings is 2. The normalized spacial score (nSPS) is 12.6. The lowest BCUT2D eigenvalue weighted by atomic mass is 10.1. The van der Waals surface area contributed by atoms with Crippen LogP contribution in [0.3, 0.4) is 0 Å². The second-order valence-electron chi connectivity index (χ2n) is 4.64. The highest BCUT2D eigenvalue weighted by Gasteiger charge is 2.13. The van der Waals surface area contributed by atoms with E-state index < -0.39 is 0 Å². The van der Waals surface area contributed by atoms with E-state index in [1.54, 1.807) is 11.8 Å². The zero-order valence-corrected chi connectivity index (χ0v) is 11.3. The smallest absolute Gasteiger partial charge is 0.0780 e. The maximum Gasteiger partial charge on any atom is 0.0780 e. The van der Waals surface area contributed by atoms with E-state index in [4.69, 9.17) is 10.7 Å². The number of aryl methyl sites for hydroxylation is 2. The molecule has 90 valence electrons. The topological polar surface area (TPSA) is 38.4 Å². The van der Waals surface area contributed by atoms with Crippen LogP contribution in [0.15, 0.2) is 39.0 Å². The van der Waals surface area contributed by atoms with Crippen molar-refractivity contribution in [3.8, 4) is 0 Å². The molecule has 1 aliphatic rings. The van der Waals surface area contributed by atoms with Crippen molar-refractivity contribution in [1.82, 2.24) is 0 Å².